The number of thiocarbonyl (C=S) groups is 1. The number of ether oxygens (including phenoxy) is 1. The van der Waals surface area contributed by atoms with Gasteiger partial charge in [-0.3, -0.25) is 14.5 Å². The van der Waals surface area contributed by atoms with Gasteiger partial charge in [-0.05, 0) is 56.2 Å². The molecular formula is C23H24N2O3S2. The highest BCUT2D eigenvalue weighted by molar-refractivity contribution is 8.26. The van der Waals surface area contributed by atoms with Crippen LogP contribution in [0.15, 0.2) is 53.4 Å². The smallest absolute Gasteiger partial charge is 0.266 e. The molecule has 0 unspecified atom stereocenters. The molecule has 30 heavy (non-hydrogen) atoms. The summed E-state index contributed by atoms with van der Waals surface area (Å²) in [7, 11) is 0. The van der Waals surface area contributed by atoms with E-state index in [1.54, 1.807) is 17.0 Å². The molecule has 1 heterocycles. The largest absolute Gasteiger partial charge is 0.494 e. The molecule has 3 rings (SSSR count). The molecule has 5 nitrogen and oxygen atoms in total. The number of hydrogen-bond donors (Lipinski definition) is 1. The maximum Gasteiger partial charge on any atom is 0.266 e. The monoisotopic (exact) mass is 440 g/mol. The summed E-state index contributed by atoms with van der Waals surface area (Å²) in [6, 6.07) is 15.2. The second-order valence-corrected chi connectivity index (χ2v) is 8.53. The molecule has 156 valence electrons. The maximum absolute atomic E-state index is 12.7. The Balaban J connectivity index is 1.49. The van der Waals surface area contributed by atoms with E-state index in [0.717, 1.165) is 17.0 Å². The van der Waals surface area contributed by atoms with Gasteiger partial charge in [-0.1, -0.05) is 53.8 Å². The highest BCUT2D eigenvalue weighted by Crippen LogP contribution is 2.32. The number of carbonyl (C=O) groups excluding carboxylic acids is 2. The third-order valence-electron chi connectivity index (χ3n) is 4.48. The summed E-state index contributed by atoms with van der Waals surface area (Å²) in [5.41, 5.74) is 2.86. The van der Waals surface area contributed by atoms with E-state index >= 15 is 0 Å². The standard InChI is InChI=1S/C23H24N2O3S2/c1-3-28-19-12-10-18(11-13-19)24-21(26)5-4-14-25-22(27)20(30-23(25)29)15-17-8-6-16(2)7-9-17/h6-13,15H,3-5,14H2,1-2H3,(H,24,26). The second kappa shape index (κ2) is 10.4. The van der Waals surface area contributed by atoms with Crippen molar-refractivity contribution in [3.05, 3.63) is 64.6 Å². The van der Waals surface area contributed by atoms with Crippen LogP contribution in [-0.2, 0) is 9.59 Å². The van der Waals surface area contributed by atoms with E-state index in [-0.39, 0.29) is 11.8 Å². The molecule has 7 heteroatoms. The van der Waals surface area contributed by atoms with Gasteiger partial charge in [-0.2, -0.15) is 0 Å². The predicted octanol–water partition coefficient (Wildman–Crippen LogP) is 5.01. The fourth-order valence-corrected chi connectivity index (χ4v) is 4.24. The highest BCUT2D eigenvalue weighted by atomic mass is 32.2. The van der Waals surface area contributed by atoms with Crippen LogP contribution in [0.3, 0.4) is 0 Å². The third kappa shape index (κ3) is 5.93. The van der Waals surface area contributed by atoms with E-state index in [0.29, 0.717) is 35.2 Å². The van der Waals surface area contributed by atoms with Crippen molar-refractivity contribution in [1.29, 1.82) is 0 Å². The Bertz CT molecular complexity index is 953. The zero-order valence-electron chi connectivity index (χ0n) is 17.0. The first-order valence-electron chi connectivity index (χ1n) is 9.81. The van der Waals surface area contributed by atoms with E-state index < -0.39 is 0 Å². The van der Waals surface area contributed by atoms with Crippen molar-refractivity contribution in [2.24, 2.45) is 0 Å². The molecular weight excluding hydrogens is 416 g/mol. The summed E-state index contributed by atoms with van der Waals surface area (Å²) in [6.45, 7) is 4.97. The van der Waals surface area contributed by atoms with Gasteiger partial charge >= 0.3 is 0 Å². The predicted molar refractivity (Wildman–Crippen MR) is 127 cm³/mol. The molecule has 1 aliphatic rings. The second-order valence-electron chi connectivity index (χ2n) is 6.85. The summed E-state index contributed by atoms with van der Waals surface area (Å²) in [4.78, 5) is 27.1. The van der Waals surface area contributed by atoms with E-state index in [9.17, 15) is 9.59 Å². The quantitative estimate of drug-likeness (QED) is 0.462. The van der Waals surface area contributed by atoms with Crippen molar-refractivity contribution in [3.8, 4) is 5.75 Å². The average Bonchev–Trinajstić information content (AvgIpc) is 2.99. The Morgan fingerprint density at radius 2 is 1.87 bits per heavy atom. The summed E-state index contributed by atoms with van der Waals surface area (Å²) >= 11 is 6.67. The number of rotatable bonds is 8. The van der Waals surface area contributed by atoms with Gasteiger partial charge in [0.1, 0.15) is 10.1 Å². The Labute approximate surface area is 186 Å². The van der Waals surface area contributed by atoms with Gasteiger partial charge < -0.3 is 10.1 Å². The summed E-state index contributed by atoms with van der Waals surface area (Å²) in [5, 5.41) is 2.86. The molecule has 2 amide bonds. The van der Waals surface area contributed by atoms with Crippen molar-refractivity contribution < 1.29 is 14.3 Å². The number of benzene rings is 2. The van der Waals surface area contributed by atoms with E-state index in [1.165, 1.54) is 17.3 Å². The van der Waals surface area contributed by atoms with Crippen LogP contribution in [0.2, 0.25) is 0 Å². The van der Waals surface area contributed by atoms with Crippen LogP contribution in [0.1, 0.15) is 30.9 Å². The molecule has 2 aromatic carbocycles. The number of hydrogen-bond acceptors (Lipinski definition) is 5. The van der Waals surface area contributed by atoms with Crippen molar-refractivity contribution >= 4 is 51.9 Å². The van der Waals surface area contributed by atoms with Crippen molar-refractivity contribution in [1.82, 2.24) is 4.90 Å². The fourth-order valence-electron chi connectivity index (χ4n) is 2.93. The minimum absolute atomic E-state index is 0.0974. The minimum atomic E-state index is -0.0995. The molecule has 0 radical (unpaired) electrons. The lowest BCUT2D eigenvalue weighted by atomic mass is 10.1. The van der Waals surface area contributed by atoms with Gasteiger partial charge in [-0.25, -0.2) is 0 Å². The Hall–Kier alpha value is -2.64. The first-order chi connectivity index (χ1) is 14.5. The van der Waals surface area contributed by atoms with Crippen LogP contribution in [0.5, 0.6) is 5.75 Å². The SMILES string of the molecule is CCOc1ccc(NC(=O)CCCN2C(=O)C(=Cc3ccc(C)cc3)SC2=S)cc1. The number of aryl methyl sites for hydroxylation is 1. The number of amides is 2. The molecule has 1 N–H and O–H groups in total. The summed E-state index contributed by atoms with van der Waals surface area (Å²) in [5.74, 6) is 0.570. The van der Waals surface area contributed by atoms with E-state index in [2.05, 4.69) is 5.32 Å². The van der Waals surface area contributed by atoms with Crippen molar-refractivity contribution in [2.75, 3.05) is 18.5 Å². The zero-order valence-corrected chi connectivity index (χ0v) is 18.6. The lowest BCUT2D eigenvalue weighted by molar-refractivity contribution is -0.122. The van der Waals surface area contributed by atoms with Crippen LogP contribution >= 0.6 is 24.0 Å². The maximum atomic E-state index is 12.7. The van der Waals surface area contributed by atoms with Gasteiger partial charge in [0.15, 0.2) is 0 Å². The molecule has 0 spiro atoms. The summed E-state index contributed by atoms with van der Waals surface area (Å²) in [6.07, 6.45) is 2.70. The van der Waals surface area contributed by atoms with Crippen LogP contribution in [-0.4, -0.2) is 34.2 Å². The van der Waals surface area contributed by atoms with Gasteiger partial charge in [0, 0.05) is 18.7 Å². The number of carbonyl (C=O) groups is 2. The molecule has 1 saturated heterocycles. The first-order valence-corrected chi connectivity index (χ1v) is 11.0. The minimum Gasteiger partial charge on any atom is -0.494 e. The molecule has 1 fully saturated rings. The third-order valence-corrected chi connectivity index (χ3v) is 5.86. The number of thioether (sulfide) groups is 1. The number of anilines is 1. The molecule has 0 saturated carbocycles. The van der Waals surface area contributed by atoms with Crippen LogP contribution in [0, 0.1) is 6.92 Å². The van der Waals surface area contributed by atoms with Crippen LogP contribution in [0.25, 0.3) is 6.08 Å². The first kappa shape index (κ1) is 22.1. The molecule has 2 aromatic rings. The molecule has 0 aliphatic carbocycles. The fraction of sp³-hybridized carbons (Fsp3) is 0.261. The van der Waals surface area contributed by atoms with Crippen molar-refractivity contribution in [2.45, 2.75) is 26.7 Å². The molecule has 1 aliphatic heterocycles. The normalized spacial score (nSPS) is 15.0. The van der Waals surface area contributed by atoms with Crippen molar-refractivity contribution in [3.63, 3.8) is 0 Å². The lowest BCUT2D eigenvalue weighted by Gasteiger charge is -2.14. The lowest BCUT2D eigenvalue weighted by Crippen LogP contribution is -2.29. The van der Waals surface area contributed by atoms with E-state index in [1.807, 2.05) is 56.3 Å². The topological polar surface area (TPSA) is 58.6 Å². The Morgan fingerprint density at radius 1 is 1.17 bits per heavy atom. The molecule has 0 bridgehead atoms. The van der Waals surface area contributed by atoms with Gasteiger partial charge in [0.25, 0.3) is 5.91 Å². The van der Waals surface area contributed by atoms with Gasteiger partial charge in [0.05, 0.1) is 11.5 Å². The molecule has 0 atom stereocenters. The number of nitrogens with zero attached hydrogens (tertiary/aromatic N) is 1. The van der Waals surface area contributed by atoms with Gasteiger partial charge in [0.2, 0.25) is 5.91 Å². The molecule has 0 aromatic heterocycles. The summed E-state index contributed by atoms with van der Waals surface area (Å²) < 4.78 is 5.92. The Kier molecular flexibility index (Phi) is 7.65. The highest BCUT2D eigenvalue weighted by Gasteiger charge is 2.31. The van der Waals surface area contributed by atoms with Crippen LogP contribution in [0.4, 0.5) is 5.69 Å². The van der Waals surface area contributed by atoms with Crippen LogP contribution < -0.4 is 10.1 Å². The Morgan fingerprint density at radius 3 is 2.53 bits per heavy atom. The zero-order chi connectivity index (χ0) is 21.5. The van der Waals surface area contributed by atoms with E-state index in [4.69, 9.17) is 17.0 Å². The average molecular weight is 441 g/mol. The number of nitrogens with one attached hydrogen (secondary N) is 1. The van der Waals surface area contributed by atoms with Gasteiger partial charge in [-0.15, -0.1) is 0 Å².